The molecule has 0 saturated heterocycles. The van der Waals surface area contributed by atoms with Gasteiger partial charge in [-0.05, 0) is 39.3 Å². The van der Waals surface area contributed by atoms with E-state index in [0.29, 0.717) is 0 Å². The maximum atomic E-state index is 5.50. The number of hydrogen-bond acceptors (Lipinski definition) is 1. The largest absolute Gasteiger partial charge is 0.250 e. The molecule has 0 unspecified atom stereocenters. The number of benzene rings is 5. The highest BCUT2D eigenvalue weighted by Crippen LogP contribution is 2.56. The normalized spacial score (nSPS) is 13.4. The topological polar surface area (TPSA) is 12.9 Å². The van der Waals surface area contributed by atoms with Gasteiger partial charge in [0.05, 0.1) is 16.8 Å². The predicted octanol–water partition coefficient (Wildman–Crippen LogP) is 8.26. The van der Waals surface area contributed by atoms with E-state index >= 15 is 0 Å². The van der Waals surface area contributed by atoms with Crippen molar-refractivity contribution in [2.75, 3.05) is 0 Å². The lowest BCUT2D eigenvalue weighted by Crippen LogP contribution is -2.30. The van der Waals surface area contributed by atoms with Gasteiger partial charge in [0, 0.05) is 10.9 Å². The van der Waals surface area contributed by atoms with Crippen LogP contribution in [0.15, 0.2) is 140 Å². The summed E-state index contributed by atoms with van der Waals surface area (Å²) in [4.78, 5) is 5.50. The molecule has 1 nitrogen and oxygen atoms in total. The van der Waals surface area contributed by atoms with E-state index in [1.165, 1.54) is 38.6 Å². The molecule has 0 fully saturated rings. The van der Waals surface area contributed by atoms with E-state index in [4.69, 9.17) is 4.98 Å². The van der Waals surface area contributed by atoms with Crippen LogP contribution < -0.4 is 0 Å². The highest BCUT2D eigenvalue weighted by atomic mass is 14.8. The van der Waals surface area contributed by atoms with Gasteiger partial charge in [-0.25, -0.2) is 0 Å². The Morgan fingerprint density at radius 3 is 1.71 bits per heavy atom. The summed E-state index contributed by atoms with van der Waals surface area (Å²) in [5.74, 6) is 0. The van der Waals surface area contributed by atoms with Crippen LogP contribution in [0, 0.1) is 0 Å². The molecule has 1 aromatic heterocycles. The van der Waals surface area contributed by atoms with Crippen LogP contribution in [-0.2, 0) is 5.41 Å². The van der Waals surface area contributed by atoms with Crippen molar-refractivity contribution >= 4 is 10.8 Å². The fraction of sp³-hybridized carbons (Fsp3) is 0.0294. The second-order valence-corrected chi connectivity index (χ2v) is 9.15. The van der Waals surface area contributed by atoms with Crippen molar-refractivity contribution in [1.29, 1.82) is 0 Å². The molecule has 0 amide bonds. The Morgan fingerprint density at radius 2 is 1.03 bits per heavy atom. The summed E-state index contributed by atoms with van der Waals surface area (Å²) in [5.41, 5.74) is 9.08. The standard InChI is InChI=1S/C34H23N/c1-3-13-24(14-4-1)33-27-18-8-7-15-25(27)23-32(35-33)34(26-16-5-2-6-17-26)30-21-11-9-19-28(30)29-20-10-12-22-31(29)34/h1-23H. The molecule has 1 aliphatic carbocycles. The molecule has 0 radical (unpaired) electrons. The van der Waals surface area contributed by atoms with Crippen molar-refractivity contribution in [3.05, 3.63) is 162 Å². The molecule has 5 aromatic carbocycles. The summed E-state index contributed by atoms with van der Waals surface area (Å²) in [7, 11) is 0. The van der Waals surface area contributed by atoms with Gasteiger partial charge in [0.2, 0.25) is 0 Å². The van der Waals surface area contributed by atoms with E-state index in [0.717, 1.165) is 17.0 Å². The minimum atomic E-state index is -0.498. The van der Waals surface area contributed by atoms with Gasteiger partial charge >= 0.3 is 0 Å². The first kappa shape index (κ1) is 19.9. The average molecular weight is 446 g/mol. The van der Waals surface area contributed by atoms with Crippen LogP contribution in [0.1, 0.15) is 22.4 Å². The molecule has 164 valence electrons. The number of aromatic nitrogens is 1. The highest BCUT2D eigenvalue weighted by Gasteiger charge is 2.47. The monoisotopic (exact) mass is 445 g/mol. The van der Waals surface area contributed by atoms with Crippen LogP contribution in [0.25, 0.3) is 33.2 Å². The van der Waals surface area contributed by atoms with E-state index in [2.05, 4.69) is 140 Å². The van der Waals surface area contributed by atoms with Crippen molar-refractivity contribution in [2.45, 2.75) is 5.41 Å². The number of fused-ring (bicyclic) bond motifs is 4. The van der Waals surface area contributed by atoms with Crippen LogP contribution in [0.5, 0.6) is 0 Å². The van der Waals surface area contributed by atoms with E-state index in [9.17, 15) is 0 Å². The smallest absolute Gasteiger partial charge is 0.0886 e. The Morgan fingerprint density at radius 1 is 0.486 bits per heavy atom. The highest BCUT2D eigenvalue weighted by molar-refractivity contribution is 5.96. The Kier molecular flexibility index (Phi) is 4.43. The van der Waals surface area contributed by atoms with Gasteiger partial charge in [0.1, 0.15) is 0 Å². The third kappa shape index (κ3) is 2.85. The Balaban J connectivity index is 1.66. The maximum absolute atomic E-state index is 5.50. The Bertz CT molecular complexity index is 1640. The minimum Gasteiger partial charge on any atom is -0.250 e. The summed E-state index contributed by atoms with van der Waals surface area (Å²) in [6.45, 7) is 0. The third-order valence-corrected chi connectivity index (χ3v) is 7.33. The molecule has 7 rings (SSSR count). The van der Waals surface area contributed by atoms with E-state index in [1.807, 2.05) is 0 Å². The molecule has 0 atom stereocenters. The van der Waals surface area contributed by atoms with Gasteiger partial charge in [-0.3, -0.25) is 4.98 Å². The van der Waals surface area contributed by atoms with Crippen molar-refractivity contribution in [3.63, 3.8) is 0 Å². The maximum Gasteiger partial charge on any atom is 0.0886 e. The lowest BCUT2D eigenvalue weighted by Gasteiger charge is -2.33. The summed E-state index contributed by atoms with van der Waals surface area (Å²) in [6.07, 6.45) is 0. The number of rotatable bonds is 3. The zero-order valence-electron chi connectivity index (χ0n) is 19.2. The van der Waals surface area contributed by atoms with Crippen LogP contribution >= 0.6 is 0 Å². The minimum absolute atomic E-state index is 0.498. The molecule has 0 spiro atoms. The summed E-state index contributed by atoms with van der Waals surface area (Å²) in [5, 5.41) is 2.37. The van der Waals surface area contributed by atoms with Gasteiger partial charge in [-0.1, -0.05) is 133 Å². The zero-order chi connectivity index (χ0) is 23.2. The molecule has 35 heavy (non-hydrogen) atoms. The van der Waals surface area contributed by atoms with Gasteiger partial charge in [-0.2, -0.15) is 0 Å². The predicted molar refractivity (Wildman–Crippen MR) is 144 cm³/mol. The van der Waals surface area contributed by atoms with Crippen LogP contribution in [0.2, 0.25) is 0 Å². The number of hydrogen-bond donors (Lipinski definition) is 0. The van der Waals surface area contributed by atoms with Crippen LogP contribution in [0.3, 0.4) is 0 Å². The van der Waals surface area contributed by atoms with Gasteiger partial charge in [0.25, 0.3) is 0 Å². The Hall–Kier alpha value is -4.49. The lowest BCUT2D eigenvalue weighted by atomic mass is 9.69. The molecule has 6 aromatic rings. The fourth-order valence-corrected chi connectivity index (χ4v) is 5.87. The molecule has 0 N–H and O–H groups in total. The van der Waals surface area contributed by atoms with Crippen LogP contribution in [0.4, 0.5) is 0 Å². The molecular formula is C34H23N. The molecule has 1 heterocycles. The van der Waals surface area contributed by atoms with Crippen molar-refractivity contribution in [2.24, 2.45) is 0 Å². The molecule has 0 bridgehead atoms. The van der Waals surface area contributed by atoms with Crippen molar-refractivity contribution in [1.82, 2.24) is 4.98 Å². The quantitative estimate of drug-likeness (QED) is 0.267. The summed E-state index contributed by atoms with van der Waals surface area (Å²) < 4.78 is 0. The SMILES string of the molecule is c1ccc(-c2nc(C3(c4ccccc4)c4ccccc4-c4ccccc43)cc3ccccc23)cc1. The molecule has 0 saturated carbocycles. The number of nitrogens with zero attached hydrogens (tertiary/aromatic N) is 1. The second-order valence-electron chi connectivity index (χ2n) is 9.15. The summed E-state index contributed by atoms with van der Waals surface area (Å²) >= 11 is 0. The van der Waals surface area contributed by atoms with Gasteiger partial charge < -0.3 is 0 Å². The lowest BCUT2D eigenvalue weighted by molar-refractivity contribution is 0.738. The third-order valence-electron chi connectivity index (χ3n) is 7.33. The van der Waals surface area contributed by atoms with E-state index in [-0.39, 0.29) is 0 Å². The average Bonchev–Trinajstić information content (AvgIpc) is 3.25. The second kappa shape index (κ2) is 7.78. The molecular weight excluding hydrogens is 422 g/mol. The van der Waals surface area contributed by atoms with Crippen molar-refractivity contribution < 1.29 is 0 Å². The fourth-order valence-electron chi connectivity index (χ4n) is 5.87. The molecule has 1 heteroatoms. The van der Waals surface area contributed by atoms with Crippen LogP contribution in [-0.4, -0.2) is 4.98 Å². The first-order chi connectivity index (χ1) is 17.4. The number of pyridine rings is 1. The first-order valence-corrected chi connectivity index (χ1v) is 12.1. The van der Waals surface area contributed by atoms with Crippen molar-refractivity contribution in [3.8, 4) is 22.4 Å². The first-order valence-electron chi connectivity index (χ1n) is 12.1. The van der Waals surface area contributed by atoms with Gasteiger partial charge in [-0.15, -0.1) is 0 Å². The molecule has 1 aliphatic rings. The van der Waals surface area contributed by atoms with E-state index in [1.54, 1.807) is 0 Å². The van der Waals surface area contributed by atoms with Gasteiger partial charge in [0.15, 0.2) is 0 Å². The molecule has 0 aliphatic heterocycles. The van der Waals surface area contributed by atoms with E-state index < -0.39 is 5.41 Å². The summed E-state index contributed by atoms with van der Waals surface area (Å²) in [6, 6.07) is 50.0. The zero-order valence-corrected chi connectivity index (χ0v) is 19.2. The Labute approximate surface area is 205 Å².